The molecule has 9 heteroatoms. The van der Waals surface area contributed by atoms with Gasteiger partial charge in [-0.3, -0.25) is 4.68 Å². The zero-order chi connectivity index (χ0) is 23.3. The Kier molecular flexibility index (Phi) is 5.24. The number of nitrogens with one attached hydrogen (secondary N) is 1. The van der Waals surface area contributed by atoms with Crippen LogP contribution in [-0.2, 0) is 6.54 Å². The summed E-state index contributed by atoms with van der Waals surface area (Å²) in [6.07, 6.45) is 8.16. The van der Waals surface area contributed by atoms with Gasteiger partial charge in [-0.15, -0.1) is 0 Å². The van der Waals surface area contributed by atoms with Crippen LogP contribution in [0.15, 0.2) is 30.7 Å². The molecule has 0 aromatic carbocycles. The van der Waals surface area contributed by atoms with Gasteiger partial charge in [0, 0.05) is 43.7 Å². The molecule has 0 amide bonds. The van der Waals surface area contributed by atoms with Crippen LogP contribution < -0.4 is 10.2 Å². The summed E-state index contributed by atoms with van der Waals surface area (Å²) in [4.78, 5) is 18.1. The van der Waals surface area contributed by atoms with E-state index >= 15 is 0 Å². The minimum atomic E-state index is -0.439. The molecule has 2 saturated heterocycles. The van der Waals surface area contributed by atoms with Crippen molar-refractivity contribution >= 4 is 17.5 Å². The molecule has 3 aromatic rings. The normalized spacial score (nSPS) is 21.5. The van der Waals surface area contributed by atoms with Gasteiger partial charge in [-0.05, 0) is 37.4 Å². The van der Waals surface area contributed by atoms with Crippen LogP contribution in [0.2, 0.25) is 0 Å². The summed E-state index contributed by atoms with van der Waals surface area (Å²) in [5.41, 5.74) is 3.71. The Morgan fingerprint density at radius 3 is 2.71 bits per heavy atom. The van der Waals surface area contributed by atoms with E-state index in [4.69, 9.17) is 0 Å². The first kappa shape index (κ1) is 21.5. The Labute approximate surface area is 199 Å². The zero-order valence-electron chi connectivity index (χ0n) is 19.8. The molecule has 178 valence electrons. The van der Waals surface area contributed by atoms with Crippen LogP contribution in [-0.4, -0.2) is 62.4 Å². The van der Waals surface area contributed by atoms with Gasteiger partial charge in [0.25, 0.3) is 0 Å². The molecule has 1 N–H and O–H groups in total. The van der Waals surface area contributed by atoms with Crippen molar-refractivity contribution in [2.24, 2.45) is 5.41 Å². The fraction of sp³-hybridized carbons (Fsp3) is 0.520. The number of fused-ring (bicyclic) bond motifs is 1. The topological polar surface area (TPSA) is 75.0 Å². The number of rotatable bonds is 5. The van der Waals surface area contributed by atoms with Crippen LogP contribution in [0.25, 0.3) is 11.3 Å². The number of halogens is 1. The van der Waals surface area contributed by atoms with E-state index in [1.54, 1.807) is 6.20 Å². The van der Waals surface area contributed by atoms with Gasteiger partial charge in [0.2, 0.25) is 5.95 Å². The Balaban J connectivity index is 1.17. The Morgan fingerprint density at radius 2 is 1.94 bits per heavy atom. The first-order valence-electron chi connectivity index (χ1n) is 12.3. The summed E-state index contributed by atoms with van der Waals surface area (Å²) in [6, 6.07) is 4.00. The van der Waals surface area contributed by atoms with Gasteiger partial charge in [-0.25, -0.2) is 19.3 Å². The number of aromatic nitrogens is 5. The van der Waals surface area contributed by atoms with Gasteiger partial charge in [0.1, 0.15) is 11.5 Å². The van der Waals surface area contributed by atoms with Crippen molar-refractivity contribution in [3.8, 4) is 11.3 Å². The van der Waals surface area contributed by atoms with Crippen molar-refractivity contribution in [3.05, 3.63) is 42.2 Å². The number of hydrogen-bond donors (Lipinski definition) is 1. The highest BCUT2D eigenvalue weighted by molar-refractivity contribution is 5.65. The molecule has 1 atom stereocenters. The lowest BCUT2D eigenvalue weighted by molar-refractivity contribution is -0.0178. The summed E-state index contributed by atoms with van der Waals surface area (Å²) >= 11 is 0. The fourth-order valence-electron chi connectivity index (χ4n) is 5.77. The van der Waals surface area contributed by atoms with Crippen molar-refractivity contribution in [1.29, 1.82) is 0 Å². The summed E-state index contributed by atoms with van der Waals surface area (Å²) in [6.45, 7) is 11.0. The standard InChI is InChI=1S/C25H31FN8/c1-3-32-13-25(14-32)15-33(16-25)18-7-8-21(27-10-18)30-24-28-12-20(26)22(31-24)19-11-29-34-9-5-4-6-17(2)23(19)34/h7-8,10-12,17H,3-6,9,13-16H2,1-2H3,(H,27,28,30,31)/t17-/m1/s1. The Morgan fingerprint density at radius 1 is 1.09 bits per heavy atom. The van der Waals surface area contributed by atoms with Crippen LogP contribution >= 0.6 is 0 Å². The maximum atomic E-state index is 14.8. The van der Waals surface area contributed by atoms with Crippen molar-refractivity contribution < 1.29 is 4.39 Å². The van der Waals surface area contributed by atoms with Crippen LogP contribution in [0, 0.1) is 11.2 Å². The van der Waals surface area contributed by atoms with Crippen molar-refractivity contribution in [2.45, 2.75) is 45.6 Å². The molecule has 2 fully saturated rings. The average Bonchev–Trinajstić information content (AvgIpc) is 3.12. The Hall–Kier alpha value is -3.07. The molecule has 0 radical (unpaired) electrons. The minimum Gasteiger partial charge on any atom is -0.369 e. The van der Waals surface area contributed by atoms with E-state index in [0.717, 1.165) is 62.4 Å². The SMILES string of the molecule is CCN1CC2(C1)CN(c1ccc(Nc3ncc(F)c(-c4cnn5c4[C@H](C)CCCC5)n3)nc1)C2. The highest BCUT2D eigenvalue weighted by Gasteiger charge is 2.51. The molecule has 1 spiro atoms. The first-order valence-corrected chi connectivity index (χ1v) is 12.3. The third kappa shape index (κ3) is 3.72. The highest BCUT2D eigenvalue weighted by atomic mass is 19.1. The molecular weight excluding hydrogens is 431 g/mol. The van der Waals surface area contributed by atoms with E-state index in [9.17, 15) is 4.39 Å². The predicted molar refractivity (Wildman–Crippen MR) is 130 cm³/mol. The molecule has 6 rings (SSSR count). The van der Waals surface area contributed by atoms with E-state index < -0.39 is 5.82 Å². The summed E-state index contributed by atoms with van der Waals surface area (Å²) in [5.74, 6) is 0.838. The second kappa shape index (κ2) is 8.30. The third-order valence-electron chi connectivity index (χ3n) is 7.57. The summed E-state index contributed by atoms with van der Waals surface area (Å²) < 4.78 is 16.8. The van der Waals surface area contributed by atoms with Gasteiger partial charge in [0.05, 0.1) is 30.0 Å². The molecule has 0 saturated carbocycles. The number of aryl methyl sites for hydroxylation is 1. The lowest BCUT2D eigenvalue weighted by atomic mass is 9.72. The van der Waals surface area contributed by atoms with Crippen LogP contribution in [0.1, 0.15) is 44.7 Å². The molecule has 3 aliphatic rings. The molecule has 3 aliphatic heterocycles. The van der Waals surface area contributed by atoms with Gasteiger partial charge in [-0.2, -0.15) is 5.10 Å². The monoisotopic (exact) mass is 462 g/mol. The van der Waals surface area contributed by atoms with Gasteiger partial charge < -0.3 is 15.1 Å². The maximum Gasteiger partial charge on any atom is 0.229 e. The van der Waals surface area contributed by atoms with Crippen molar-refractivity contribution in [3.63, 3.8) is 0 Å². The lowest BCUT2D eigenvalue weighted by Crippen LogP contribution is -2.72. The van der Waals surface area contributed by atoms with Crippen molar-refractivity contribution in [2.75, 3.05) is 42.9 Å². The number of likely N-dealkylation sites (tertiary alicyclic amines) is 1. The molecule has 3 aromatic heterocycles. The van der Waals surface area contributed by atoms with E-state index in [-0.39, 0.29) is 5.69 Å². The smallest absolute Gasteiger partial charge is 0.229 e. The number of nitrogens with zero attached hydrogens (tertiary/aromatic N) is 7. The predicted octanol–water partition coefficient (Wildman–Crippen LogP) is 4.05. The van der Waals surface area contributed by atoms with E-state index in [1.807, 2.05) is 16.9 Å². The third-order valence-corrected chi connectivity index (χ3v) is 7.57. The zero-order valence-corrected chi connectivity index (χ0v) is 19.8. The molecule has 0 bridgehead atoms. The lowest BCUT2D eigenvalue weighted by Gasteiger charge is -2.61. The summed E-state index contributed by atoms with van der Waals surface area (Å²) in [7, 11) is 0. The number of pyridine rings is 1. The first-order chi connectivity index (χ1) is 16.5. The summed E-state index contributed by atoms with van der Waals surface area (Å²) in [5, 5.41) is 7.66. The van der Waals surface area contributed by atoms with Gasteiger partial charge >= 0.3 is 0 Å². The fourth-order valence-corrected chi connectivity index (χ4v) is 5.77. The molecule has 8 nitrogen and oxygen atoms in total. The quantitative estimate of drug-likeness (QED) is 0.613. The second-order valence-corrected chi connectivity index (χ2v) is 10.1. The molecule has 0 unspecified atom stereocenters. The molecule has 34 heavy (non-hydrogen) atoms. The highest BCUT2D eigenvalue weighted by Crippen LogP contribution is 2.41. The van der Waals surface area contributed by atoms with Crippen LogP contribution in [0.3, 0.4) is 0 Å². The van der Waals surface area contributed by atoms with E-state index in [2.05, 4.69) is 55.1 Å². The minimum absolute atomic E-state index is 0.289. The van der Waals surface area contributed by atoms with Gasteiger partial charge in [-0.1, -0.05) is 20.3 Å². The average molecular weight is 463 g/mol. The van der Waals surface area contributed by atoms with Gasteiger partial charge in [0.15, 0.2) is 5.82 Å². The maximum absolute atomic E-state index is 14.8. The number of anilines is 3. The Bertz CT molecular complexity index is 1180. The van der Waals surface area contributed by atoms with Crippen molar-refractivity contribution in [1.82, 2.24) is 29.6 Å². The van der Waals surface area contributed by atoms with Crippen LogP contribution in [0.5, 0.6) is 0 Å². The number of hydrogen-bond acceptors (Lipinski definition) is 7. The van der Waals surface area contributed by atoms with E-state index in [1.165, 1.54) is 19.3 Å². The molecule has 6 heterocycles. The largest absolute Gasteiger partial charge is 0.369 e. The molecular formula is C25H31FN8. The van der Waals surface area contributed by atoms with Crippen LogP contribution in [0.4, 0.5) is 21.8 Å². The second-order valence-electron chi connectivity index (χ2n) is 10.1. The van der Waals surface area contributed by atoms with E-state index in [0.29, 0.717) is 23.1 Å². The molecule has 0 aliphatic carbocycles.